The van der Waals surface area contributed by atoms with Crippen molar-refractivity contribution in [3.05, 3.63) is 74.7 Å². The van der Waals surface area contributed by atoms with Gasteiger partial charge in [0.25, 0.3) is 5.91 Å². The fraction of sp³-hybridized carbons (Fsp3) is 0.143. The highest BCUT2D eigenvalue weighted by Crippen LogP contribution is 2.35. The van der Waals surface area contributed by atoms with E-state index in [1.807, 2.05) is 56.3 Å². The molecule has 0 spiro atoms. The highest BCUT2D eigenvalue weighted by molar-refractivity contribution is 9.10. The summed E-state index contributed by atoms with van der Waals surface area (Å²) in [6.45, 7) is 3.63. The van der Waals surface area contributed by atoms with Crippen LogP contribution in [0.25, 0.3) is 10.8 Å². The molecule has 0 bridgehead atoms. The lowest BCUT2D eigenvalue weighted by Crippen LogP contribution is -2.24. The van der Waals surface area contributed by atoms with Gasteiger partial charge in [0.1, 0.15) is 5.75 Å². The van der Waals surface area contributed by atoms with E-state index in [9.17, 15) is 4.79 Å². The minimum absolute atomic E-state index is 0.147. The average Bonchev–Trinajstić information content (AvgIpc) is 2.68. The monoisotopic (exact) mass is 444 g/mol. The van der Waals surface area contributed by atoms with E-state index in [2.05, 4.69) is 26.5 Å². The number of benzene rings is 3. The molecule has 0 aromatic heterocycles. The Hall–Kier alpha value is -2.37. The van der Waals surface area contributed by atoms with Gasteiger partial charge in [0.2, 0.25) is 0 Å². The molecular weight excluding hydrogens is 428 g/mol. The van der Waals surface area contributed by atoms with Gasteiger partial charge >= 0.3 is 0 Å². The Morgan fingerprint density at radius 1 is 1.22 bits per heavy atom. The van der Waals surface area contributed by atoms with Crippen LogP contribution >= 0.6 is 27.5 Å². The zero-order valence-corrected chi connectivity index (χ0v) is 17.3. The third-order valence-corrected chi connectivity index (χ3v) is 5.71. The first-order valence-corrected chi connectivity index (χ1v) is 9.52. The van der Waals surface area contributed by atoms with Gasteiger partial charge in [0.05, 0.1) is 10.7 Å². The Morgan fingerprint density at radius 3 is 2.78 bits per heavy atom. The molecular formula is C21H18BrClN2O2. The molecule has 3 rings (SSSR count). The Balaban J connectivity index is 1.63. The quantitative estimate of drug-likeness (QED) is 0.422. The Morgan fingerprint density at radius 2 is 1.96 bits per heavy atom. The van der Waals surface area contributed by atoms with Crippen LogP contribution in [0.1, 0.15) is 16.7 Å². The molecule has 0 saturated carbocycles. The number of hydrogen-bond donors (Lipinski definition) is 1. The highest BCUT2D eigenvalue weighted by Gasteiger charge is 2.12. The van der Waals surface area contributed by atoms with Crippen molar-refractivity contribution in [2.75, 3.05) is 6.61 Å². The molecule has 4 nitrogen and oxygen atoms in total. The first-order valence-electron chi connectivity index (χ1n) is 8.35. The summed E-state index contributed by atoms with van der Waals surface area (Å²) in [5.74, 6) is 0.228. The summed E-state index contributed by atoms with van der Waals surface area (Å²) in [6.07, 6.45) is 1.63. The van der Waals surface area contributed by atoms with Gasteiger partial charge in [0, 0.05) is 10.6 Å². The lowest BCUT2D eigenvalue weighted by atomic mass is 10.1. The summed E-state index contributed by atoms with van der Waals surface area (Å²) in [6, 6.07) is 15.7. The van der Waals surface area contributed by atoms with E-state index in [4.69, 9.17) is 16.3 Å². The number of carbonyl (C=O) groups is 1. The van der Waals surface area contributed by atoms with Crippen molar-refractivity contribution in [2.45, 2.75) is 13.8 Å². The number of aryl methyl sites for hydroxylation is 1. The number of ether oxygens (including phenoxy) is 1. The fourth-order valence-electron chi connectivity index (χ4n) is 2.72. The number of carbonyl (C=O) groups excluding carboxylic acids is 1. The molecule has 27 heavy (non-hydrogen) atoms. The maximum Gasteiger partial charge on any atom is 0.277 e. The second-order valence-electron chi connectivity index (χ2n) is 6.09. The number of nitrogens with one attached hydrogen (secondary N) is 1. The van der Waals surface area contributed by atoms with Crippen LogP contribution in [-0.4, -0.2) is 18.7 Å². The largest absolute Gasteiger partial charge is 0.483 e. The molecule has 0 saturated heterocycles. The van der Waals surface area contributed by atoms with Gasteiger partial charge in [-0.3, -0.25) is 4.79 Å². The van der Waals surface area contributed by atoms with E-state index in [1.54, 1.807) is 12.3 Å². The molecule has 3 aromatic rings. The maximum absolute atomic E-state index is 12.0. The lowest BCUT2D eigenvalue weighted by Gasteiger charge is -2.12. The highest BCUT2D eigenvalue weighted by atomic mass is 79.9. The first-order chi connectivity index (χ1) is 13.0. The molecule has 0 heterocycles. The number of hydrogen-bond acceptors (Lipinski definition) is 3. The van der Waals surface area contributed by atoms with Crippen molar-refractivity contribution < 1.29 is 9.53 Å². The van der Waals surface area contributed by atoms with E-state index in [1.165, 1.54) is 0 Å². The Kier molecular flexibility index (Phi) is 6.14. The van der Waals surface area contributed by atoms with Crippen molar-refractivity contribution in [1.29, 1.82) is 0 Å². The standard InChI is InChI=1S/C21H18BrClN2O2/c1-13-10-18(20(22)14(2)21(13)23)27-12-19(26)25-24-11-16-8-5-7-15-6-3-4-9-17(15)16/h3-11H,12H2,1-2H3,(H,25,26)/b24-11+. The molecule has 0 aliphatic carbocycles. The van der Waals surface area contributed by atoms with Crippen LogP contribution in [-0.2, 0) is 4.79 Å². The van der Waals surface area contributed by atoms with Crippen molar-refractivity contribution in [3.63, 3.8) is 0 Å². The van der Waals surface area contributed by atoms with Crippen LogP contribution < -0.4 is 10.2 Å². The second kappa shape index (κ2) is 8.55. The average molecular weight is 446 g/mol. The lowest BCUT2D eigenvalue weighted by molar-refractivity contribution is -0.123. The van der Waals surface area contributed by atoms with Crippen LogP contribution in [0.3, 0.4) is 0 Å². The summed E-state index contributed by atoms with van der Waals surface area (Å²) in [5.41, 5.74) is 5.19. The third-order valence-electron chi connectivity index (χ3n) is 4.14. The van der Waals surface area contributed by atoms with Gasteiger partial charge in [-0.15, -0.1) is 0 Å². The molecule has 0 unspecified atom stereocenters. The van der Waals surface area contributed by atoms with E-state index in [0.29, 0.717) is 10.8 Å². The van der Waals surface area contributed by atoms with Crippen molar-refractivity contribution in [3.8, 4) is 5.75 Å². The van der Waals surface area contributed by atoms with Crippen molar-refractivity contribution in [2.24, 2.45) is 5.10 Å². The Bertz CT molecular complexity index is 1030. The molecule has 1 amide bonds. The number of halogens is 2. The van der Waals surface area contributed by atoms with Crippen LogP contribution in [0.5, 0.6) is 5.75 Å². The number of hydrazone groups is 1. The number of amides is 1. The first kappa shape index (κ1) is 19.4. The van der Waals surface area contributed by atoms with Crippen LogP contribution in [0.2, 0.25) is 5.02 Å². The second-order valence-corrected chi connectivity index (χ2v) is 7.27. The van der Waals surface area contributed by atoms with Crippen LogP contribution in [0.4, 0.5) is 0 Å². The predicted octanol–water partition coefficient (Wildman–Crippen LogP) is 5.40. The SMILES string of the molecule is Cc1cc(OCC(=O)N/N=C/c2cccc3ccccc23)c(Br)c(C)c1Cl. The van der Waals surface area contributed by atoms with E-state index >= 15 is 0 Å². The zero-order valence-electron chi connectivity index (χ0n) is 14.9. The summed E-state index contributed by atoms with van der Waals surface area (Å²) in [5, 5.41) is 6.91. The summed E-state index contributed by atoms with van der Waals surface area (Å²) in [4.78, 5) is 12.0. The molecule has 0 aliphatic heterocycles. The van der Waals surface area contributed by atoms with Gasteiger partial charge < -0.3 is 4.74 Å². The van der Waals surface area contributed by atoms with Gasteiger partial charge in [0.15, 0.2) is 6.61 Å². The van der Waals surface area contributed by atoms with Crippen LogP contribution in [0.15, 0.2) is 58.1 Å². The summed E-state index contributed by atoms with van der Waals surface area (Å²) >= 11 is 9.65. The minimum Gasteiger partial charge on any atom is -0.483 e. The maximum atomic E-state index is 12.0. The molecule has 3 aromatic carbocycles. The van der Waals surface area contributed by atoms with Crippen LogP contribution in [0, 0.1) is 13.8 Å². The molecule has 1 N–H and O–H groups in total. The molecule has 0 radical (unpaired) electrons. The van der Waals surface area contributed by atoms with E-state index in [-0.39, 0.29) is 12.5 Å². The summed E-state index contributed by atoms with van der Waals surface area (Å²) < 4.78 is 6.34. The third kappa shape index (κ3) is 4.49. The number of fused-ring (bicyclic) bond motifs is 1. The topological polar surface area (TPSA) is 50.7 Å². The van der Waals surface area contributed by atoms with E-state index < -0.39 is 0 Å². The smallest absolute Gasteiger partial charge is 0.277 e. The molecule has 138 valence electrons. The van der Waals surface area contributed by atoms with Crippen molar-refractivity contribution in [1.82, 2.24) is 5.43 Å². The normalized spacial score (nSPS) is 11.1. The predicted molar refractivity (Wildman–Crippen MR) is 114 cm³/mol. The summed E-state index contributed by atoms with van der Waals surface area (Å²) in [7, 11) is 0. The number of nitrogens with zero attached hydrogens (tertiary/aromatic N) is 1. The zero-order chi connectivity index (χ0) is 19.4. The number of rotatable bonds is 5. The molecule has 0 atom stereocenters. The van der Waals surface area contributed by atoms with Gasteiger partial charge in [-0.05, 0) is 57.7 Å². The van der Waals surface area contributed by atoms with Gasteiger partial charge in [-0.2, -0.15) is 5.10 Å². The minimum atomic E-state index is -0.344. The van der Waals surface area contributed by atoms with Crippen molar-refractivity contribution >= 4 is 50.4 Å². The molecule has 6 heteroatoms. The Labute approximate surface area is 171 Å². The molecule has 0 fully saturated rings. The fourth-order valence-corrected chi connectivity index (χ4v) is 3.41. The molecule has 0 aliphatic rings. The van der Waals surface area contributed by atoms with E-state index in [0.717, 1.165) is 31.9 Å². The van der Waals surface area contributed by atoms with Gasteiger partial charge in [-0.25, -0.2) is 5.43 Å². The van der Waals surface area contributed by atoms with Gasteiger partial charge in [-0.1, -0.05) is 54.1 Å².